The van der Waals surface area contributed by atoms with Gasteiger partial charge in [-0.1, -0.05) is 159 Å². The molecule has 11 rings (SSSR count). The van der Waals surface area contributed by atoms with Crippen LogP contribution in [0.2, 0.25) is 0 Å². The van der Waals surface area contributed by atoms with Crippen LogP contribution >= 0.6 is 0 Å². The third kappa shape index (κ3) is 5.22. The molecule has 2 heterocycles. The van der Waals surface area contributed by atoms with Gasteiger partial charge in [0.05, 0.1) is 11.0 Å². The predicted octanol–water partition coefficient (Wildman–Crippen LogP) is 13.3. The molecule has 0 saturated carbocycles. The van der Waals surface area contributed by atoms with Gasteiger partial charge in [0, 0.05) is 38.7 Å². The van der Waals surface area contributed by atoms with Crippen molar-refractivity contribution in [1.29, 1.82) is 0 Å². The molecule has 0 saturated heterocycles. The summed E-state index contributed by atoms with van der Waals surface area (Å²) in [6.45, 7) is 4.70. The smallest absolute Gasteiger partial charge is 0.168 e. The first-order valence-corrected chi connectivity index (χ1v) is 19.6. The third-order valence-corrected chi connectivity index (χ3v) is 11.9. The summed E-state index contributed by atoms with van der Waals surface area (Å²) in [5.74, 6) is 1.61. The van der Waals surface area contributed by atoms with Crippen molar-refractivity contribution in [3.8, 4) is 67.5 Å². The molecule has 0 amide bonds. The van der Waals surface area contributed by atoms with E-state index < -0.39 is 0 Å². The molecule has 0 spiro atoms. The molecule has 4 nitrogen and oxygen atoms in total. The molecule has 4 heteroatoms. The van der Waals surface area contributed by atoms with E-state index in [0.717, 1.165) is 34.2 Å². The number of fused-ring (bicyclic) bond motifs is 6. The highest BCUT2D eigenvalue weighted by Gasteiger charge is 2.35. The minimum absolute atomic E-state index is 0.0557. The summed E-state index contributed by atoms with van der Waals surface area (Å²) in [6, 6.07) is 69.8. The van der Waals surface area contributed by atoms with Crippen LogP contribution < -0.4 is 0 Å². The lowest BCUT2D eigenvalue weighted by Crippen LogP contribution is -2.14. The summed E-state index contributed by atoms with van der Waals surface area (Å²) < 4.78 is 4.54. The molecule has 10 aromatic rings. The Balaban J connectivity index is 1.01. The van der Waals surface area contributed by atoms with Crippen LogP contribution in [0.1, 0.15) is 25.0 Å². The second-order valence-corrected chi connectivity index (χ2v) is 15.5. The number of nitrogens with zero attached hydrogens (tertiary/aromatic N) is 4. The molecule has 270 valence electrons. The van der Waals surface area contributed by atoms with Crippen molar-refractivity contribution in [2.24, 2.45) is 0 Å². The van der Waals surface area contributed by atoms with Gasteiger partial charge in [-0.3, -0.25) is 4.57 Å². The lowest BCUT2D eigenvalue weighted by atomic mass is 9.81. The van der Waals surface area contributed by atoms with E-state index in [9.17, 15) is 0 Å². The average Bonchev–Trinajstić information content (AvgIpc) is 3.93. The van der Waals surface area contributed by atoms with Gasteiger partial charge in [-0.15, -0.1) is 10.2 Å². The second kappa shape index (κ2) is 12.9. The molecule has 0 radical (unpaired) electrons. The Morgan fingerprint density at radius 1 is 0.351 bits per heavy atom. The van der Waals surface area contributed by atoms with Gasteiger partial charge in [0.1, 0.15) is 0 Å². The Labute approximate surface area is 332 Å². The number of benzene rings is 8. The van der Waals surface area contributed by atoms with Crippen molar-refractivity contribution in [1.82, 2.24) is 19.3 Å². The zero-order valence-corrected chi connectivity index (χ0v) is 31.8. The molecule has 0 aliphatic heterocycles. The highest BCUT2D eigenvalue weighted by Crippen LogP contribution is 2.50. The SMILES string of the molecule is CC1(C)c2ccccc2-c2ccc(-c3ccccc3-c3ccc4c(c3)c3ccccc3n4-c3ccc(-n4c(-c5ccccc5)nnc4-c4ccccc4)cc3)cc21. The Morgan fingerprint density at radius 2 is 0.842 bits per heavy atom. The van der Waals surface area contributed by atoms with E-state index in [2.05, 4.69) is 191 Å². The summed E-state index contributed by atoms with van der Waals surface area (Å²) >= 11 is 0. The minimum atomic E-state index is -0.0557. The Bertz CT molecular complexity index is 3080. The maximum Gasteiger partial charge on any atom is 0.168 e. The zero-order chi connectivity index (χ0) is 38.1. The van der Waals surface area contributed by atoms with E-state index >= 15 is 0 Å². The fraction of sp³-hybridized carbons (Fsp3) is 0.0566. The number of hydrogen-bond acceptors (Lipinski definition) is 2. The first-order valence-electron chi connectivity index (χ1n) is 19.6. The van der Waals surface area contributed by atoms with Gasteiger partial charge in [-0.25, -0.2) is 0 Å². The number of rotatable bonds is 6. The van der Waals surface area contributed by atoms with Crippen LogP contribution in [-0.4, -0.2) is 19.3 Å². The molecule has 2 aromatic heterocycles. The second-order valence-electron chi connectivity index (χ2n) is 15.5. The molecule has 0 bridgehead atoms. The van der Waals surface area contributed by atoms with Crippen molar-refractivity contribution in [2.75, 3.05) is 0 Å². The lowest BCUT2D eigenvalue weighted by Gasteiger charge is -2.22. The van der Waals surface area contributed by atoms with Gasteiger partial charge >= 0.3 is 0 Å². The lowest BCUT2D eigenvalue weighted by molar-refractivity contribution is 0.660. The maximum atomic E-state index is 4.69. The van der Waals surface area contributed by atoms with E-state index in [1.54, 1.807) is 0 Å². The normalized spacial score (nSPS) is 12.9. The van der Waals surface area contributed by atoms with Crippen molar-refractivity contribution >= 4 is 21.8 Å². The Morgan fingerprint density at radius 3 is 1.51 bits per heavy atom. The summed E-state index contributed by atoms with van der Waals surface area (Å²) in [7, 11) is 0. The van der Waals surface area contributed by atoms with E-state index in [0.29, 0.717) is 0 Å². The van der Waals surface area contributed by atoms with E-state index in [1.807, 2.05) is 36.4 Å². The highest BCUT2D eigenvalue weighted by molar-refractivity contribution is 6.11. The zero-order valence-electron chi connectivity index (χ0n) is 31.8. The summed E-state index contributed by atoms with van der Waals surface area (Å²) in [6.07, 6.45) is 0. The average molecular weight is 731 g/mol. The van der Waals surface area contributed by atoms with E-state index in [1.165, 1.54) is 66.3 Å². The molecule has 8 aromatic carbocycles. The van der Waals surface area contributed by atoms with Crippen LogP contribution in [0.25, 0.3) is 89.3 Å². The van der Waals surface area contributed by atoms with Crippen molar-refractivity contribution in [2.45, 2.75) is 19.3 Å². The van der Waals surface area contributed by atoms with E-state index in [-0.39, 0.29) is 5.41 Å². The maximum absolute atomic E-state index is 4.69. The van der Waals surface area contributed by atoms with Crippen LogP contribution in [0.15, 0.2) is 194 Å². The molecule has 1 aliphatic carbocycles. The first kappa shape index (κ1) is 33.1. The first-order chi connectivity index (χ1) is 28.0. The summed E-state index contributed by atoms with van der Waals surface area (Å²) in [5.41, 5.74) is 16.8. The summed E-state index contributed by atoms with van der Waals surface area (Å²) in [4.78, 5) is 0. The van der Waals surface area contributed by atoms with Crippen LogP contribution in [0.4, 0.5) is 0 Å². The van der Waals surface area contributed by atoms with Crippen molar-refractivity contribution in [3.05, 3.63) is 205 Å². The number of hydrogen-bond donors (Lipinski definition) is 0. The van der Waals surface area contributed by atoms with Crippen LogP contribution in [0.5, 0.6) is 0 Å². The highest BCUT2D eigenvalue weighted by atomic mass is 15.3. The molecule has 57 heavy (non-hydrogen) atoms. The van der Waals surface area contributed by atoms with Gasteiger partial charge in [0.2, 0.25) is 0 Å². The van der Waals surface area contributed by atoms with Gasteiger partial charge in [0.15, 0.2) is 11.6 Å². The number of para-hydroxylation sites is 1. The number of aromatic nitrogens is 4. The van der Waals surface area contributed by atoms with Crippen LogP contribution in [0.3, 0.4) is 0 Å². The molecule has 0 fully saturated rings. The molecular formula is C53H38N4. The molecule has 0 N–H and O–H groups in total. The Kier molecular flexibility index (Phi) is 7.48. The van der Waals surface area contributed by atoms with Crippen molar-refractivity contribution in [3.63, 3.8) is 0 Å². The molecule has 0 atom stereocenters. The summed E-state index contributed by atoms with van der Waals surface area (Å²) in [5, 5.41) is 11.8. The molecule has 1 aliphatic rings. The predicted molar refractivity (Wildman–Crippen MR) is 235 cm³/mol. The van der Waals surface area contributed by atoms with Crippen LogP contribution in [0, 0.1) is 0 Å². The standard InChI is InChI=1S/C53H38N4/c1-53(2)47-23-13-11-21-43(47)44-31-25-38(34-48(44)53)42-20-10-9-19-41(42)37-26-32-50-46(33-37)45-22-12-14-24-49(45)56(50)39-27-29-40(30-28-39)57-51(35-15-5-3-6-16-35)54-55-52(57)36-17-7-4-8-18-36/h3-34H,1-2H3. The van der Waals surface area contributed by atoms with Gasteiger partial charge in [-0.05, 0) is 93.0 Å². The fourth-order valence-corrected chi connectivity index (χ4v) is 9.10. The van der Waals surface area contributed by atoms with Gasteiger partial charge in [-0.2, -0.15) is 0 Å². The van der Waals surface area contributed by atoms with Gasteiger partial charge in [0.25, 0.3) is 0 Å². The van der Waals surface area contributed by atoms with Crippen LogP contribution in [-0.2, 0) is 5.41 Å². The quantitative estimate of drug-likeness (QED) is 0.171. The third-order valence-electron chi connectivity index (χ3n) is 11.9. The monoisotopic (exact) mass is 730 g/mol. The Hall–Kier alpha value is -7.30. The van der Waals surface area contributed by atoms with Gasteiger partial charge < -0.3 is 4.57 Å². The van der Waals surface area contributed by atoms with E-state index in [4.69, 9.17) is 0 Å². The minimum Gasteiger partial charge on any atom is -0.309 e. The largest absolute Gasteiger partial charge is 0.309 e. The molecular weight excluding hydrogens is 693 g/mol. The molecule has 0 unspecified atom stereocenters. The topological polar surface area (TPSA) is 35.6 Å². The van der Waals surface area contributed by atoms with Crippen molar-refractivity contribution < 1.29 is 0 Å². The fourth-order valence-electron chi connectivity index (χ4n) is 9.10.